The van der Waals surface area contributed by atoms with Crippen molar-refractivity contribution in [2.75, 3.05) is 11.9 Å². The van der Waals surface area contributed by atoms with Gasteiger partial charge in [0.15, 0.2) is 6.61 Å². The number of carbonyl (C=O) groups is 3. The van der Waals surface area contributed by atoms with Gasteiger partial charge in [0.2, 0.25) is 0 Å². The number of hydrogen-bond donors (Lipinski definition) is 2. The number of esters is 1. The number of thiophene rings is 1. The Morgan fingerprint density at radius 3 is 2.74 bits per heavy atom. The van der Waals surface area contributed by atoms with Crippen LogP contribution < -0.4 is 11.1 Å². The van der Waals surface area contributed by atoms with Crippen molar-refractivity contribution in [3.8, 4) is 0 Å². The van der Waals surface area contributed by atoms with Gasteiger partial charge in [0.25, 0.3) is 11.8 Å². The minimum atomic E-state index is -0.608. The maximum Gasteiger partial charge on any atom is 0.309 e. The molecule has 102 valence electrons. The number of amides is 2. The number of ether oxygens (including phenoxy) is 1. The van der Waals surface area contributed by atoms with E-state index in [9.17, 15) is 14.4 Å². The summed E-state index contributed by atoms with van der Waals surface area (Å²) in [5, 5.41) is 4.52. The Morgan fingerprint density at radius 1 is 1.42 bits per heavy atom. The van der Waals surface area contributed by atoms with E-state index in [0.717, 1.165) is 19.3 Å². The van der Waals surface area contributed by atoms with E-state index in [-0.39, 0.29) is 24.1 Å². The zero-order chi connectivity index (χ0) is 13.8. The standard InChI is InChI=1S/C12H14N2O4S/c13-10(16)8-4-5-19-11(8)14-9(15)6-18-12(17)7-2-1-3-7/h4-5,7H,1-3,6H2,(H2,13,16)(H,14,15). The summed E-state index contributed by atoms with van der Waals surface area (Å²) < 4.78 is 4.89. The average Bonchev–Trinajstić information content (AvgIpc) is 2.72. The topological polar surface area (TPSA) is 98.5 Å². The lowest BCUT2D eigenvalue weighted by molar-refractivity contribution is -0.154. The molecule has 3 N–H and O–H groups in total. The summed E-state index contributed by atoms with van der Waals surface area (Å²) in [6.45, 7) is -0.342. The Morgan fingerprint density at radius 2 is 2.16 bits per heavy atom. The van der Waals surface area contributed by atoms with Gasteiger partial charge < -0.3 is 15.8 Å². The van der Waals surface area contributed by atoms with Gasteiger partial charge in [0, 0.05) is 0 Å². The first-order chi connectivity index (χ1) is 9.08. The molecule has 0 aliphatic heterocycles. The fourth-order valence-corrected chi connectivity index (χ4v) is 2.47. The predicted octanol–water partition coefficient (Wildman–Crippen LogP) is 1.13. The smallest absolute Gasteiger partial charge is 0.309 e. The zero-order valence-corrected chi connectivity index (χ0v) is 11.0. The van der Waals surface area contributed by atoms with Gasteiger partial charge in [-0.1, -0.05) is 6.42 Å². The molecular weight excluding hydrogens is 268 g/mol. The van der Waals surface area contributed by atoms with Crippen LogP contribution in [0.4, 0.5) is 5.00 Å². The fourth-order valence-electron chi connectivity index (χ4n) is 1.66. The van der Waals surface area contributed by atoms with Crippen LogP contribution in [0.2, 0.25) is 0 Å². The maximum absolute atomic E-state index is 11.6. The molecular formula is C12H14N2O4S. The van der Waals surface area contributed by atoms with Crippen LogP contribution in [0.15, 0.2) is 11.4 Å². The summed E-state index contributed by atoms with van der Waals surface area (Å²) in [6.07, 6.45) is 2.69. The molecule has 19 heavy (non-hydrogen) atoms. The molecule has 0 spiro atoms. The molecule has 6 nitrogen and oxygen atoms in total. The van der Waals surface area contributed by atoms with Crippen molar-refractivity contribution in [3.63, 3.8) is 0 Å². The molecule has 0 unspecified atom stereocenters. The van der Waals surface area contributed by atoms with Gasteiger partial charge in [-0.15, -0.1) is 11.3 Å². The second-order valence-corrected chi connectivity index (χ2v) is 5.23. The lowest BCUT2D eigenvalue weighted by Crippen LogP contribution is -2.28. The third-order valence-corrected chi connectivity index (χ3v) is 3.80. The van der Waals surface area contributed by atoms with Crippen LogP contribution in [0.3, 0.4) is 0 Å². The van der Waals surface area contributed by atoms with Crippen molar-refractivity contribution in [3.05, 3.63) is 17.0 Å². The molecule has 1 fully saturated rings. The van der Waals surface area contributed by atoms with E-state index in [2.05, 4.69) is 5.32 Å². The minimum absolute atomic E-state index is 0.0595. The number of rotatable bonds is 5. The number of nitrogens with two attached hydrogens (primary N) is 1. The van der Waals surface area contributed by atoms with Crippen molar-refractivity contribution >= 4 is 34.1 Å². The van der Waals surface area contributed by atoms with Gasteiger partial charge in [-0.25, -0.2) is 0 Å². The van der Waals surface area contributed by atoms with Gasteiger partial charge >= 0.3 is 5.97 Å². The Balaban J connectivity index is 1.82. The lowest BCUT2D eigenvalue weighted by atomic mass is 9.86. The van der Waals surface area contributed by atoms with Gasteiger partial charge in [-0.05, 0) is 24.3 Å². The molecule has 7 heteroatoms. The summed E-state index contributed by atoms with van der Waals surface area (Å²) in [6, 6.07) is 1.53. The minimum Gasteiger partial charge on any atom is -0.455 e. The third kappa shape index (κ3) is 3.31. The van der Waals surface area contributed by atoms with Crippen molar-refractivity contribution in [1.29, 1.82) is 0 Å². The highest BCUT2D eigenvalue weighted by Crippen LogP contribution is 2.27. The van der Waals surface area contributed by atoms with Gasteiger partial charge in [-0.2, -0.15) is 0 Å². The van der Waals surface area contributed by atoms with E-state index < -0.39 is 11.8 Å². The number of anilines is 1. The van der Waals surface area contributed by atoms with Crippen LogP contribution in [0.1, 0.15) is 29.6 Å². The maximum atomic E-state index is 11.6. The number of nitrogens with one attached hydrogen (secondary N) is 1. The molecule has 1 aliphatic carbocycles. The van der Waals surface area contributed by atoms with Crippen LogP contribution in [0.25, 0.3) is 0 Å². The summed E-state index contributed by atoms with van der Waals surface area (Å²) in [7, 11) is 0. The molecule has 0 bridgehead atoms. The quantitative estimate of drug-likeness (QED) is 0.791. The van der Waals surface area contributed by atoms with E-state index in [1.807, 2.05) is 0 Å². The van der Waals surface area contributed by atoms with E-state index in [4.69, 9.17) is 10.5 Å². The van der Waals surface area contributed by atoms with Crippen molar-refractivity contribution in [2.24, 2.45) is 11.7 Å². The largest absolute Gasteiger partial charge is 0.455 e. The molecule has 2 rings (SSSR count). The van der Waals surface area contributed by atoms with Crippen molar-refractivity contribution in [2.45, 2.75) is 19.3 Å². The fraction of sp³-hybridized carbons (Fsp3) is 0.417. The SMILES string of the molecule is NC(=O)c1ccsc1NC(=O)COC(=O)C1CCC1. The van der Waals surface area contributed by atoms with Crippen LogP contribution in [-0.2, 0) is 14.3 Å². The molecule has 2 amide bonds. The number of primary amides is 1. The highest BCUT2D eigenvalue weighted by Gasteiger charge is 2.27. The van der Waals surface area contributed by atoms with Gasteiger partial charge in [0.05, 0.1) is 11.5 Å². The van der Waals surface area contributed by atoms with E-state index in [1.54, 1.807) is 5.38 Å². The Kier molecular flexibility index (Phi) is 4.16. The predicted molar refractivity (Wildman–Crippen MR) is 69.8 cm³/mol. The summed E-state index contributed by atoms with van der Waals surface area (Å²) in [5.41, 5.74) is 5.41. The molecule has 1 aromatic heterocycles. The Labute approximate surface area is 113 Å². The average molecular weight is 282 g/mol. The Hall–Kier alpha value is -1.89. The van der Waals surface area contributed by atoms with Gasteiger partial charge in [0.1, 0.15) is 5.00 Å². The van der Waals surface area contributed by atoms with Gasteiger partial charge in [-0.3, -0.25) is 14.4 Å². The highest BCUT2D eigenvalue weighted by atomic mass is 32.1. The molecule has 0 atom stereocenters. The monoisotopic (exact) mass is 282 g/mol. The highest BCUT2D eigenvalue weighted by molar-refractivity contribution is 7.14. The molecule has 1 aliphatic rings. The van der Waals surface area contributed by atoms with E-state index in [1.165, 1.54) is 17.4 Å². The first-order valence-electron chi connectivity index (χ1n) is 5.91. The van der Waals surface area contributed by atoms with Crippen molar-refractivity contribution < 1.29 is 19.1 Å². The number of carbonyl (C=O) groups excluding carboxylic acids is 3. The lowest BCUT2D eigenvalue weighted by Gasteiger charge is -2.22. The second-order valence-electron chi connectivity index (χ2n) is 4.31. The van der Waals surface area contributed by atoms with Crippen LogP contribution in [-0.4, -0.2) is 24.4 Å². The molecule has 1 saturated carbocycles. The molecule has 0 aromatic carbocycles. The number of hydrogen-bond acceptors (Lipinski definition) is 5. The first kappa shape index (κ1) is 13.5. The normalized spacial score (nSPS) is 14.5. The van der Waals surface area contributed by atoms with Crippen molar-refractivity contribution in [1.82, 2.24) is 0 Å². The van der Waals surface area contributed by atoms with Crippen LogP contribution >= 0.6 is 11.3 Å². The summed E-state index contributed by atoms with van der Waals surface area (Å²) in [5.74, 6) is -1.47. The van der Waals surface area contributed by atoms with Crippen LogP contribution in [0.5, 0.6) is 0 Å². The molecule has 1 aromatic rings. The summed E-state index contributed by atoms with van der Waals surface area (Å²) >= 11 is 1.19. The second kappa shape index (κ2) is 5.83. The van der Waals surface area contributed by atoms with Crippen LogP contribution in [0, 0.1) is 5.92 Å². The zero-order valence-electron chi connectivity index (χ0n) is 10.2. The molecule has 0 saturated heterocycles. The third-order valence-electron chi connectivity index (χ3n) is 2.97. The summed E-state index contributed by atoms with van der Waals surface area (Å²) in [4.78, 5) is 34.1. The molecule has 1 heterocycles. The Bertz CT molecular complexity index is 508. The first-order valence-corrected chi connectivity index (χ1v) is 6.79. The van der Waals surface area contributed by atoms with E-state index >= 15 is 0 Å². The van der Waals surface area contributed by atoms with E-state index in [0.29, 0.717) is 5.00 Å². The molecule has 0 radical (unpaired) electrons.